The van der Waals surface area contributed by atoms with E-state index in [2.05, 4.69) is 58.4 Å². The molecule has 0 aliphatic carbocycles. The Kier molecular flexibility index (Phi) is 3.08. The van der Waals surface area contributed by atoms with Crippen molar-refractivity contribution in [3.63, 3.8) is 0 Å². The molecule has 1 aromatic carbocycles. The first-order chi connectivity index (χ1) is 8.66. The van der Waals surface area contributed by atoms with Gasteiger partial charge in [0.1, 0.15) is 12.4 Å². The molecule has 0 fully saturated rings. The number of nitrogens with zero attached hydrogens (tertiary/aromatic N) is 1. The van der Waals surface area contributed by atoms with E-state index in [0.29, 0.717) is 12.6 Å². The zero-order valence-corrected chi connectivity index (χ0v) is 12.7. The van der Waals surface area contributed by atoms with Crippen LogP contribution in [0.15, 0.2) is 34.1 Å². The number of ether oxygens (including phenoxy) is 1. The number of anilines is 1. The van der Waals surface area contributed by atoms with Crippen LogP contribution in [0.25, 0.3) is 0 Å². The molecule has 0 radical (unpaired) electrons. The number of rotatable bonds is 1. The smallest absolute Gasteiger partial charge is 0.143 e. The third kappa shape index (κ3) is 1.93. The molecular weight excluding hydrogens is 310 g/mol. The van der Waals surface area contributed by atoms with Crippen LogP contribution in [0.5, 0.6) is 5.75 Å². The zero-order chi connectivity index (χ0) is 12.7. The van der Waals surface area contributed by atoms with Gasteiger partial charge in [-0.15, -0.1) is 11.3 Å². The first-order valence-corrected chi connectivity index (χ1v) is 7.53. The van der Waals surface area contributed by atoms with Crippen LogP contribution in [0, 0.1) is 6.92 Å². The van der Waals surface area contributed by atoms with Crippen LogP contribution in [0.2, 0.25) is 0 Å². The molecule has 1 atom stereocenters. The van der Waals surface area contributed by atoms with E-state index in [1.54, 1.807) is 11.3 Å². The van der Waals surface area contributed by atoms with Crippen molar-refractivity contribution in [1.82, 2.24) is 0 Å². The number of hydrogen-bond acceptors (Lipinski definition) is 3. The van der Waals surface area contributed by atoms with Gasteiger partial charge in [0.15, 0.2) is 0 Å². The number of likely N-dealkylation sites (N-methyl/N-ethyl adjacent to an activating group) is 1. The Labute approximate surface area is 119 Å². The second-order valence-electron chi connectivity index (χ2n) is 4.52. The summed E-state index contributed by atoms with van der Waals surface area (Å²) in [6, 6.07) is 8.68. The lowest BCUT2D eigenvalue weighted by molar-refractivity contribution is 0.270. The van der Waals surface area contributed by atoms with Crippen molar-refractivity contribution in [3.05, 3.63) is 44.6 Å². The van der Waals surface area contributed by atoms with Crippen molar-refractivity contribution in [2.45, 2.75) is 13.0 Å². The van der Waals surface area contributed by atoms with Gasteiger partial charge in [-0.1, -0.05) is 15.9 Å². The van der Waals surface area contributed by atoms with Crippen molar-refractivity contribution >= 4 is 33.0 Å². The Hall–Kier alpha value is -1.00. The van der Waals surface area contributed by atoms with Crippen molar-refractivity contribution in [2.24, 2.45) is 0 Å². The highest BCUT2D eigenvalue weighted by Crippen LogP contribution is 2.41. The van der Waals surface area contributed by atoms with Crippen LogP contribution in [0.3, 0.4) is 0 Å². The number of fused-ring (bicyclic) bond motifs is 1. The van der Waals surface area contributed by atoms with Crippen molar-refractivity contribution in [1.29, 1.82) is 0 Å². The maximum atomic E-state index is 5.90. The quantitative estimate of drug-likeness (QED) is 0.771. The second-order valence-corrected chi connectivity index (χ2v) is 6.38. The Morgan fingerprint density at radius 2 is 2.22 bits per heavy atom. The fourth-order valence-corrected chi connectivity index (χ4v) is 3.72. The molecule has 1 aliphatic heterocycles. The fraction of sp³-hybridized carbons (Fsp3) is 0.286. The molecule has 1 unspecified atom stereocenters. The van der Waals surface area contributed by atoms with E-state index in [-0.39, 0.29) is 0 Å². The topological polar surface area (TPSA) is 12.5 Å². The SMILES string of the molecule is Cc1ccsc1C1COc2cc(Br)ccc2N1C. The summed E-state index contributed by atoms with van der Waals surface area (Å²) in [6.45, 7) is 2.87. The number of hydrogen-bond donors (Lipinski definition) is 0. The minimum Gasteiger partial charge on any atom is -0.489 e. The van der Waals surface area contributed by atoms with E-state index < -0.39 is 0 Å². The van der Waals surface area contributed by atoms with Crippen LogP contribution in [-0.4, -0.2) is 13.7 Å². The molecule has 0 spiro atoms. The van der Waals surface area contributed by atoms with E-state index >= 15 is 0 Å². The summed E-state index contributed by atoms with van der Waals surface area (Å²) >= 11 is 5.29. The number of halogens is 1. The Bertz CT molecular complexity index is 581. The molecule has 1 aliphatic rings. The Balaban J connectivity index is 1.99. The Morgan fingerprint density at radius 1 is 1.39 bits per heavy atom. The average molecular weight is 324 g/mol. The predicted octanol–water partition coefficient (Wildman–Crippen LogP) is 4.39. The third-order valence-electron chi connectivity index (χ3n) is 3.37. The van der Waals surface area contributed by atoms with E-state index in [1.807, 2.05) is 6.07 Å². The van der Waals surface area contributed by atoms with Crippen molar-refractivity contribution < 1.29 is 4.74 Å². The van der Waals surface area contributed by atoms with Crippen LogP contribution in [0.1, 0.15) is 16.5 Å². The molecule has 0 amide bonds. The van der Waals surface area contributed by atoms with Crippen molar-refractivity contribution in [2.75, 3.05) is 18.6 Å². The van der Waals surface area contributed by atoms with E-state index in [1.165, 1.54) is 10.4 Å². The molecule has 18 heavy (non-hydrogen) atoms. The molecule has 0 saturated carbocycles. The maximum Gasteiger partial charge on any atom is 0.143 e. The molecule has 2 nitrogen and oxygen atoms in total. The summed E-state index contributed by atoms with van der Waals surface area (Å²) in [6.07, 6.45) is 0. The third-order valence-corrected chi connectivity index (χ3v) is 4.98. The minimum atomic E-state index is 0.318. The van der Waals surface area contributed by atoms with Gasteiger partial charge in [-0.2, -0.15) is 0 Å². The van der Waals surface area contributed by atoms with Crippen LogP contribution in [-0.2, 0) is 0 Å². The van der Waals surface area contributed by atoms with Crippen LogP contribution in [0.4, 0.5) is 5.69 Å². The zero-order valence-electron chi connectivity index (χ0n) is 10.3. The molecule has 2 heterocycles. The largest absolute Gasteiger partial charge is 0.489 e. The second kappa shape index (κ2) is 4.59. The highest BCUT2D eigenvalue weighted by molar-refractivity contribution is 9.10. The summed E-state index contributed by atoms with van der Waals surface area (Å²) in [4.78, 5) is 3.70. The Morgan fingerprint density at radius 3 is 2.94 bits per heavy atom. The standard InChI is InChI=1S/C14H14BrNOS/c1-9-5-6-18-14(9)12-8-17-13-7-10(15)3-4-11(13)16(12)2/h3-7,12H,8H2,1-2H3. The highest BCUT2D eigenvalue weighted by atomic mass is 79.9. The molecule has 0 bridgehead atoms. The van der Waals surface area contributed by atoms with E-state index in [9.17, 15) is 0 Å². The monoisotopic (exact) mass is 323 g/mol. The van der Waals surface area contributed by atoms with Gasteiger partial charge in [0.2, 0.25) is 0 Å². The van der Waals surface area contributed by atoms with E-state index in [4.69, 9.17) is 4.74 Å². The summed E-state index contributed by atoms with van der Waals surface area (Å²) < 4.78 is 6.96. The molecule has 1 aromatic heterocycles. The van der Waals surface area contributed by atoms with Gasteiger partial charge in [0.05, 0.1) is 11.7 Å². The fourth-order valence-electron chi connectivity index (χ4n) is 2.32. The van der Waals surface area contributed by atoms with Gasteiger partial charge >= 0.3 is 0 Å². The molecule has 0 saturated heterocycles. The maximum absolute atomic E-state index is 5.90. The number of benzene rings is 1. The van der Waals surface area contributed by atoms with E-state index in [0.717, 1.165) is 15.9 Å². The van der Waals surface area contributed by atoms with Crippen LogP contribution >= 0.6 is 27.3 Å². The normalized spacial score (nSPS) is 18.4. The lowest BCUT2D eigenvalue weighted by Gasteiger charge is -2.35. The van der Waals surface area contributed by atoms with Gasteiger partial charge in [-0.3, -0.25) is 0 Å². The molecule has 4 heteroatoms. The molecule has 3 rings (SSSR count). The summed E-state index contributed by atoms with van der Waals surface area (Å²) in [5, 5.41) is 2.15. The highest BCUT2D eigenvalue weighted by Gasteiger charge is 2.27. The van der Waals surface area contributed by atoms with Crippen molar-refractivity contribution in [3.8, 4) is 5.75 Å². The minimum absolute atomic E-state index is 0.318. The summed E-state index contributed by atoms with van der Waals surface area (Å²) in [5.41, 5.74) is 2.50. The van der Waals surface area contributed by atoms with Crippen LogP contribution < -0.4 is 9.64 Å². The van der Waals surface area contributed by atoms with Gasteiger partial charge in [-0.25, -0.2) is 0 Å². The molecular formula is C14H14BrNOS. The first kappa shape index (κ1) is 12.1. The first-order valence-electron chi connectivity index (χ1n) is 5.86. The number of thiophene rings is 1. The summed E-state index contributed by atoms with van der Waals surface area (Å²) in [5.74, 6) is 0.956. The molecule has 94 valence electrons. The molecule has 2 aromatic rings. The summed E-state index contributed by atoms with van der Waals surface area (Å²) in [7, 11) is 2.14. The lowest BCUT2D eigenvalue weighted by atomic mass is 10.1. The molecule has 0 N–H and O–H groups in total. The van der Waals surface area contributed by atoms with Gasteiger partial charge < -0.3 is 9.64 Å². The predicted molar refractivity (Wildman–Crippen MR) is 79.8 cm³/mol. The average Bonchev–Trinajstić information content (AvgIpc) is 2.76. The number of aryl methyl sites for hydroxylation is 1. The van der Waals surface area contributed by atoms with Gasteiger partial charge in [-0.05, 0) is 42.1 Å². The van der Waals surface area contributed by atoms with Gasteiger partial charge in [0, 0.05) is 16.4 Å². The lowest BCUT2D eigenvalue weighted by Crippen LogP contribution is -2.33. The van der Waals surface area contributed by atoms with Gasteiger partial charge in [0.25, 0.3) is 0 Å².